The standard InChI is InChI=1S/C24H21FN2O7S3Se/c25-17-7-9-21-19(14-17)26(11-12-34-37(31,32)33)23(38-21)15-22-27(10-3-13-36(28,29)30)24-18-5-2-1-4-16(18)6-8-20(24)35-22/h1-2,4-9,14-15H,3,10-13H2,(H-,28,29,30,31,32,33)/p+1. The Morgan fingerprint density at radius 1 is 1.08 bits per heavy atom. The minimum atomic E-state index is -4.63. The molecule has 14 heteroatoms. The molecular weight excluding hydrogens is 622 g/mol. The third kappa shape index (κ3) is 6.08. The second kappa shape index (κ2) is 10.6. The summed E-state index contributed by atoms with van der Waals surface area (Å²) in [5.41, 5.74) is 1.53. The van der Waals surface area contributed by atoms with E-state index in [1.54, 1.807) is 11.0 Å². The Kier molecular flexibility index (Phi) is 7.59. The summed E-state index contributed by atoms with van der Waals surface area (Å²) in [5.74, 6) is -0.818. The maximum atomic E-state index is 14.1. The molecule has 0 saturated heterocycles. The first kappa shape index (κ1) is 27.2. The first-order chi connectivity index (χ1) is 18.0. The van der Waals surface area contributed by atoms with Gasteiger partial charge in [-0.3, -0.25) is 0 Å². The second-order valence-electron chi connectivity index (χ2n) is 8.46. The predicted molar refractivity (Wildman–Crippen MR) is 145 cm³/mol. The number of hydrogen-bond donors (Lipinski definition) is 2. The van der Waals surface area contributed by atoms with Gasteiger partial charge in [0, 0.05) is 0 Å². The molecule has 9 nitrogen and oxygen atoms in total. The maximum absolute atomic E-state index is 14.1. The van der Waals surface area contributed by atoms with Crippen molar-refractivity contribution in [1.29, 1.82) is 0 Å². The van der Waals surface area contributed by atoms with Crippen LogP contribution in [0.3, 0.4) is 0 Å². The van der Waals surface area contributed by atoms with Gasteiger partial charge in [-0.15, -0.1) is 0 Å². The summed E-state index contributed by atoms with van der Waals surface area (Å²) in [5, 5.41) is 2.84. The summed E-state index contributed by atoms with van der Waals surface area (Å²) in [6, 6.07) is 16.3. The van der Waals surface area contributed by atoms with E-state index in [1.807, 2.05) is 47.0 Å². The molecule has 3 aromatic carbocycles. The number of halogens is 1. The molecule has 0 aliphatic carbocycles. The van der Waals surface area contributed by atoms with Crippen molar-refractivity contribution in [2.45, 2.75) is 13.0 Å². The number of nitrogens with zero attached hydrogens (tertiary/aromatic N) is 2. The first-order valence-corrected chi connectivity index (χ1v) is 16.9. The Morgan fingerprint density at radius 2 is 1.87 bits per heavy atom. The van der Waals surface area contributed by atoms with Crippen LogP contribution in [0.15, 0.2) is 59.2 Å². The number of benzene rings is 3. The molecule has 0 fully saturated rings. The van der Waals surface area contributed by atoms with Gasteiger partial charge in [0.25, 0.3) is 0 Å². The minimum absolute atomic E-state index is 0.0560. The van der Waals surface area contributed by atoms with E-state index >= 15 is 0 Å². The third-order valence-electron chi connectivity index (χ3n) is 5.88. The number of fused-ring (bicyclic) bond motifs is 4. The molecule has 1 aromatic heterocycles. The van der Waals surface area contributed by atoms with Crippen LogP contribution in [0, 0.1) is 5.82 Å². The van der Waals surface area contributed by atoms with E-state index in [9.17, 15) is 25.8 Å². The Hall–Kier alpha value is -2.42. The van der Waals surface area contributed by atoms with Gasteiger partial charge in [-0.25, -0.2) is 0 Å². The van der Waals surface area contributed by atoms with E-state index in [0.29, 0.717) is 12.2 Å². The average Bonchev–Trinajstić information content (AvgIpc) is 3.35. The number of thiazole rings is 1. The van der Waals surface area contributed by atoms with Gasteiger partial charge in [-0.05, 0) is 0 Å². The Morgan fingerprint density at radius 3 is 2.63 bits per heavy atom. The van der Waals surface area contributed by atoms with Gasteiger partial charge in [-0.2, -0.15) is 0 Å². The fraction of sp³-hybridized carbons (Fsp3) is 0.208. The summed E-state index contributed by atoms with van der Waals surface area (Å²) >= 11 is 1.27. The SMILES string of the molecule is O=S(=O)(O)CCC[n+]1c(C=C2[Se]c3ccc(F)cc3N2CCOS(=O)(=O)O)sc2ccc3ccccc3c21. The molecule has 2 heterocycles. The molecule has 1 aliphatic rings. The molecule has 2 N–H and O–H groups in total. The molecule has 4 aromatic rings. The van der Waals surface area contributed by atoms with Gasteiger partial charge in [-0.1, -0.05) is 0 Å². The third-order valence-corrected chi connectivity index (χ3v) is 10.6. The van der Waals surface area contributed by atoms with Crippen molar-refractivity contribution in [3.05, 3.63) is 70.0 Å². The fourth-order valence-corrected chi connectivity index (χ4v) is 8.77. The van der Waals surface area contributed by atoms with Gasteiger partial charge >= 0.3 is 230 Å². The van der Waals surface area contributed by atoms with Crippen LogP contribution in [-0.4, -0.2) is 59.8 Å². The topological polar surface area (TPSA) is 125 Å². The average molecular weight is 645 g/mol. The molecule has 38 heavy (non-hydrogen) atoms. The Balaban J connectivity index is 1.60. The number of rotatable bonds is 9. The van der Waals surface area contributed by atoms with E-state index in [0.717, 1.165) is 35.1 Å². The summed E-state index contributed by atoms with van der Waals surface area (Å²) in [4.78, 5) is 1.77. The number of aryl methyl sites for hydroxylation is 1. The van der Waals surface area contributed by atoms with Crippen LogP contribution in [0.5, 0.6) is 0 Å². The van der Waals surface area contributed by atoms with Crippen molar-refractivity contribution >= 4 is 84.0 Å². The summed E-state index contributed by atoms with van der Waals surface area (Å²) in [6.45, 7) is 0.0430. The molecule has 200 valence electrons. The number of hydrogen-bond acceptors (Lipinski definition) is 7. The van der Waals surface area contributed by atoms with Crippen molar-refractivity contribution in [2.75, 3.05) is 23.8 Å². The van der Waals surface area contributed by atoms with Gasteiger partial charge in [0.15, 0.2) is 0 Å². The molecule has 0 bridgehead atoms. The van der Waals surface area contributed by atoms with Crippen molar-refractivity contribution < 1.29 is 39.1 Å². The normalized spacial score (nSPS) is 15.1. The van der Waals surface area contributed by atoms with E-state index in [2.05, 4.69) is 4.18 Å². The summed E-state index contributed by atoms with van der Waals surface area (Å²) in [6.07, 6.45) is 2.13. The molecule has 0 amide bonds. The van der Waals surface area contributed by atoms with Crippen LogP contribution in [0.25, 0.3) is 27.1 Å². The van der Waals surface area contributed by atoms with Crippen LogP contribution in [0.4, 0.5) is 10.1 Å². The van der Waals surface area contributed by atoms with Crippen LogP contribution in [0.1, 0.15) is 11.4 Å². The molecule has 5 rings (SSSR count). The molecule has 0 saturated carbocycles. The van der Waals surface area contributed by atoms with Crippen LogP contribution in [0.2, 0.25) is 0 Å². The zero-order valence-electron chi connectivity index (χ0n) is 19.7. The van der Waals surface area contributed by atoms with Crippen molar-refractivity contribution in [1.82, 2.24) is 0 Å². The van der Waals surface area contributed by atoms with E-state index in [1.165, 1.54) is 23.5 Å². The number of anilines is 1. The quantitative estimate of drug-likeness (QED) is 0.162. The Labute approximate surface area is 229 Å². The van der Waals surface area contributed by atoms with Crippen molar-refractivity contribution in [3.63, 3.8) is 0 Å². The van der Waals surface area contributed by atoms with Gasteiger partial charge < -0.3 is 0 Å². The van der Waals surface area contributed by atoms with E-state index < -0.39 is 26.3 Å². The zero-order chi connectivity index (χ0) is 27.1. The fourth-order valence-electron chi connectivity index (χ4n) is 4.36. The molecular formula is C24H22FN2O7S3Se+. The Bertz CT molecular complexity index is 1790. The van der Waals surface area contributed by atoms with Crippen molar-refractivity contribution in [2.24, 2.45) is 0 Å². The zero-order valence-corrected chi connectivity index (χ0v) is 23.8. The molecule has 0 unspecified atom stereocenters. The monoisotopic (exact) mass is 645 g/mol. The number of aromatic nitrogens is 1. The molecule has 0 atom stereocenters. The molecule has 0 spiro atoms. The molecule has 0 radical (unpaired) electrons. The van der Waals surface area contributed by atoms with Crippen LogP contribution in [-0.2, 0) is 31.2 Å². The van der Waals surface area contributed by atoms with Gasteiger partial charge in [0.2, 0.25) is 0 Å². The van der Waals surface area contributed by atoms with Crippen LogP contribution >= 0.6 is 11.3 Å². The van der Waals surface area contributed by atoms with Crippen LogP contribution < -0.4 is 13.9 Å². The predicted octanol–water partition coefficient (Wildman–Crippen LogP) is 2.73. The van der Waals surface area contributed by atoms with E-state index in [-0.39, 0.29) is 40.3 Å². The summed E-state index contributed by atoms with van der Waals surface area (Å²) < 4.78 is 86.6. The summed E-state index contributed by atoms with van der Waals surface area (Å²) in [7, 11) is -8.76. The molecule has 1 aliphatic heterocycles. The second-order valence-corrected chi connectivity index (χ2v) is 14.4. The van der Waals surface area contributed by atoms with Gasteiger partial charge in [0.05, 0.1) is 0 Å². The van der Waals surface area contributed by atoms with Crippen molar-refractivity contribution in [3.8, 4) is 0 Å². The van der Waals surface area contributed by atoms with Gasteiger partial charge in [0.1, 0.15) is 0 Å². The first-order valence-electron chi connectivity index (χ1n) is 11.4. The van der Waals surface area contributed by atoms with E-state index in [4.69, 9.17) is 4.55 Å².